The third-order valence-electron chi connectivity index (χ3n) is 3.12. The molecule has 2 aromatic carbocycles. The van der Waals surface area contributed by atoms with E-state index in [2.05, 4.69) is 10.0 Å². The number of amides is 1. The summed E-state index contributed by atoms with van der Waals surface area (Å²) in [4.78, 5) is 24.0. The molecule has 0 spiro atoms. The number of nitrogens with one attached hydrogen (secondary N) is 2. The zero-order valence-electron chi connectivity index (χ0n) is 13.8. The van der Waals surface area contributed by atoms with Gasteiger partial charge in [-0.15, -0.1) is 0 Å². The number of carbonyl (C=O) groups excluding carboxylic acids is 2. The van der Waals surface area contributed by atoms with Crippen LogP contribution in [0.3, 0.4) is 0 Å². The van der Waals surface area contributed by atoms with E-state index in [-0.39, 0.29) is 17.9 Å². The first-order valence-electron chi connectivity index (χ1n) is 7.45. The van der Waals surface area contributed by atoms with Crippen LogP contribution in [0.5, 0.6) is 0 Å². The average Bonchev–Trinajstić information content (AvgIpc) is 2.54. The van der Waals surface area contributed by atoms with Crippen LogP contribution in [0.15, 0.2) is 48.5 Å². The summed E-state index contributed by atoms with van der Waals surface area (Å²) in [6, 6.07) is 12.5. The number of rotatable bonds is 6. The molecule has 0 unspecified atom stereocenters. The lowest BCUT2D eigenvalue weighted by atomic mass is 10.1. The molecule has 2 aromatic rings. The zero-order valence-corrected chi connectivity index (χ0v) is 14.6. The van der Waals surface area contributed by atoms with Gasteiger partial charge in [0, 0.05) is 5.69 Å². The summed E-state index contributed by atoms with van der Waals surface area (Å²) in [5, 5.41) is 2.66. The van der Waals surface area contributed by atoms with E-state index in [0.29, 0.717) is 11.3 Å². The summed E-state index contributed by atoms with van der Waals surface area (Å²) in [6.45, 7) is 2.00. The Morgan fingerprint density at radius 3 is 2.28 bits per heavy atom. The maximum Gasteiger partial charge on any atom is 0.338 e. The van der Waals surface area contributed by atoms with Crippen molar-refractivity contribution in [2.75, 3.05) is 22.9 Å². The summed E-state index contributed by atoms with van der Waals surface area (Å²) < 4.78 is 30.0. The van der Waals surface area contributed by atoms with Crippen LogP contribution in [0.2, 0.25) is 0 Å². The summed E-state index contributed by atoms with van der Waals surface area (Å²) in [5.41, 5.74) is 1.21. The molecule has 0 aromatic heterocycles. The van der Waals surface area contributed by atoms with Crippen LogP contribution in [0, 0.1) is 0 Å². The Bertz CT molecular complexity index is 876. The van der Waals surface area contributed by atoms with Gasteiger partial charge in [-0.25, -0.2) is 13.2 Å². The van der Waals surface area contributed by atoms with Gasteiger partial charge in [0.05, 0.1) is 29.7 Å². The number of hydrogen-bond donors (Lipinski definition) is 2. The Morgan fingerprint density at radius 1 is 1.04 bits per heavy atom. The molecule has 0 saturated heterocycles. The molecule has 7 nitrogen and oxygen atoms in total. The highest BCUT2D eigenvalue weighted by Gasteiger charge is 2.14. The highest BCUT2D eigenvalue weighted by molar-refractivity contribution is 7.92. The molecule has 0 heterocycles. The van der Waals surface area contributed by atoms with Gasteiger partial charge in [-0.05, 0) is 43.3 Å². The fourth-order valence-corrected chi connectivity index (χ4v) is 2.65. The van der Waals surface area contributed by atoms with Gasteiger partial charge in [0.25, 0.3) is 5.91 Å². The number of benzene rings is 2. The molecule has 0 bridgehead atoms. The lowest BCUT2D eigenvalue weighted by Crippen LogP contribution is -2.17. The molecule has 0 aliphatic heterocycles. The lowest BCUT2D eigenvalue weighted by Gasteiger charge is -2.11. The minimum absolute atomic E-state index is 0.183. The number of para-hydroxylation sites is 1. The summed E-state index contributed by atoms with van der Waals surface area (Å²) in [5.74, 6) is -0.918. The van der Waals surface area contributed by atoms with Crippen molar-refractivity contribution >= 4 is 33.3 Å². The minimum atomic E-state index is -3.51. The summed E-state index contributed by atoms with van der Waals surface area (Å²) in [7, 11) is -3.51. The predicted octanol–water partition coefficient (Wildman–Crippen LogP) is 2.49. The topological polar surface area (TPSA) is 102 Å². The monoisotopic (exact) mass is 362 g/mol. The molecule has 0 radical (unpaired) electrons. The molecule has 1 amide bonds. The fourth-order valence-electron chi connectivity index (χ4n) is 2.07. The van der Waals surface area contributed by atoms with Gasteiger partial charge in [-0.2, -0.15) is 0 Å². The van der Waals surface area contributed by atoms with E-state index in [0.717, 1.165) is 6.26 Å². The summed E-state index contributed by atoms with van der Waals surface area (Å²) >= 11 is 0. The highest BCUT2D eigenvalue weighted by Crippen LogP contribution is 2.19. The van der Waals surface area contributed by atoms with Crippen molar-refractivity contribution in [3.8, 4) is 0 Å². The van der Waals surface area contributed by atoms with E-state index in [9.17, 15) is 18.0 Å². The fraction of sp³-hybridized carbons (Fsp3) is 0.176. The highest BCUT2D eigenvalue weighted by atomic mass is 32.2. The van der Waals surface area contributed by atoms with Crippen molar-refractivity contribution in [1.29, 1.82) is 0 Å². The Labute approximate surface area is 146 Å². The molecule has 2 rings (SSSR count). The number of esters is 1. The lowest BCUT2D eigenvalue weighted by molar-refractivity contribution is 0.0526. The first-order valence-corrected chi connectivity index (χ1v) is 9.34. The zero-order chi connectivity index (χ0) is 18.4. The van der Waals surface area contributed by atoms with Crippen LogP contribution < -0.4 is 10.0 Å². The van der Waals surface area contributed by atoms with Gasteiger partial charge in [-0.1, -0.05) is 12.1 Å². The average molecular weight is 362 g/mol. The maximum absolute atomic E-state index is 12.4. The largest absolute Gasteiger partial charge is 0.462 e. The molecule has 0 aliphatic carbocycles. The molecular formula is C17H18N2O5S. The Balaban J connectivity index is 2.16. The molecule has 25 heavy (non-hydrogen) atoms. The number of anilines is 2. The number of ether oxygens (including phenoxy) is 1. The Morgan fingerprint density at radius 2 is 1.68 bits per heavy atom. The quantitative estimate of drug-likeness (QED) is 0.769. The van der Waals surface area contributed by atoms with Crippen LogP contribution in [0.4, 0.5) is 11.4 Å². The van der Waals surface area contributed by atoms with Gasteiger partial charge >= 0.3 is 5.97 Å². The molecule has 0 fully saturated rings. The van der Waals surface area contributed by atoms with Crippen molar-refractivity contribution in [2.45, 2.75) is 6.92 Å². The number of sulfonamides is 1. The first kappa shape index (κ1) is 18.5. The van der Waals surface area contributed by atoms with Crippen molar-refractivity contribution in [3.63, 3.8) is 0 Å². The molecule has 132 valence electrons. The van der Waals surface area contributed by atoms with E-state index in [1.54, 1.807) is 31.2 Å². The molecular weight excluding hydrogens is 344 g/mol. The maximum atomic E-state index is 12.4. The van der Waals surface area contributed by atoms with E-state index in [1.165, 1.54) is 24.3 Å². The number of carbonyl (C=O) groups is 2. The van der Waals surface area contributed by atoms with E-state index >= 15 is 0 Å². The van der Waals surface area contributed by atoms with Crippen LogP contribution >= 0.6 is 0 Å². The summed E-state index contributed by atoms with van der Waals surface area (Å²) in [6.07, 6.45) is 1.01. The van der Waals surface area contributed by atoms with Crippen molar-refractivity contribution in [2.24, 2.45) is 0 Å². The molecule has 0 atom stereocenters. The van der Waals surface area contributed by atoms with Gasteiger partial charge in [0.15, 0.2) is 0 Å². The van der Waals surface area contributed by atoms with Crippen LogP contribution in [-0.4, -0.2) is 33.2 Å². The third-order valence-corrected chi connectivity index (χ3v) is 3.71. The van der Waals surface area contributed by atoms with Crippen molar-refractivity contribution < 1.29 is 22.7 Å². The third kappa shape index (κ3) is 5.32. The minimum Gasteiger partial charge on any atom is -0.462 e. The van der Waals surface area contributed by atoms with Crippen molar-refractivity contribution in [1.82, 2.24) is 0 Å². The molecule has 0 saturated carbocycles. The van der Waals surface area contributed by atoms with Crippen LogP contribution in [-0.2, 0) is 14.8 Å². The Kier molecular flexibility index (Phi) is 5.76. The van der Waals surface area contributed by atoms with E-state index in [4.69, 9.17) is 4.74 Å². The van der Waals surface area contributed by atoms with Crippen LogP contribution in [0.25, 0.3) is 0 Å². The van der Waals surface area contributed by atoms with Gasteiger partial charge in [0.2, 0.25) is 10.0 Å². The van der Waals surface area contributed by atoms with Gasteiger partial charge in [-0.3, -0.25) is 9.52 Å². The van der Waals surface area contributed by atoms with E-state index in [1.807, 2.05) is 0 Å². The first-order chi connectivity index (χ1) is 11.8. The van der Waals surface area contributed by atoms with Gasteiger partial charge in [0.1, 0.15) is 0 Å². The predicted molar refractivity (Wildman–Crippen MR) is 95.3 cm³/mol. The SMILES string of the molecule is CCOC(=O)c1ccc(NC(=O)c2ccccc2NS(C)(=O)=O)cc1. The molecule has 0 aliphatic rings. The Hall–Kier alpha value is -2.87. The smallest absolute Gasteiger partial charge is 0.338 e. The van der Waals surface area contributed by atoms with Gasteiger partial charge < -0.3 is 10.1 Å². The van der Waals surface area contributed by atoms with Crippen LogP contribution in [0.1, 0.15) is 27.6 Å². The normalized spacial score (nSPS) is 10.8. The second-order valence-electron chi connectivity index (χ2n) is 5.17. The van der Waals surface area contributed by atoms with E-state index < -0.39 is 21.9 Å². The standard InChI is InChI=1S/C17H18N2O5S/c1-3-24-17(21)12-8-10-13(11-9-12)18-16(20)14-6-4-5-7-15(14)19-25(2,22)23/h4-11,19H,3H2,1-2H3,(H,18,20). The second kappa shape index (κ2) is 7.80. The second-order valence-corrected chi connectivity index (χ2v) is 6.92. The molecule has 2 N–H and O–H groups in total. The molecule has 8 heteroatoms. The van der Waals surface area contributed by atoms with Crippen molar-refractivity contribution in [3.05, 3.63) is 59.7 Å². The number of hydrogen-bond acceptors (Lipinski definition) is 5.